The Morgan fingerprint density at radius 1 is 1.45 bits per heavy atom. The van der Waals surface area contributed by atoms with Crippen molar-refractivity contribution in [3.8, 4) is 0 Å². The van der Waals surface area contributed by atoms with Gasteiger partial charge in [-0.1, -0.05) is 12.8 Å². The molecule has 2 fully saturated rings. The predicted molar refractivity (Wildman–Crippen MR) is 85.1 cm³/mol. The van der Waals surface area contributed by atoms with E-state index in [1.54, 1.807) is 17.0 Å². The third-order valence-electron chi connectivity index (χ3n) is 5.42. The van der Waals surface area contributed by atoms with Crippen LogP contribution in [0.5, 0.6) is 0 Å². The molecule has 2 atom stereocenters. The van der Waals surface area contributed by atoms with Gasteiger partial charge < -0.3 is 10.0 Å². The van der Waals surface area contributed by atoms with Crippen LogP contribution in [-0.2, 0) is 11.8 Å². The number of carbonyl (C=O) groups excluding carboxylic acids is 1. The number of aromatic nitrogens is 2. The predicted octanol–water partition coefficient (Wildman–Crippen LogP) is 1.90. The van der Waals surface area contributed by atoms with Crippen LogP contribution in [0, 0.1) is 12.8 Å². The lowest BCUT2D eigenvalue weighted by Crippen LogP contribution is -2.54. The summed E-state index contributed by atoms with van der Waals surface area (Å²) in [6.45, 7) is 3.33. The van der Waals surface area contributed by atoms with E-state index in [1.165, 1.54) is 6.42 Å². The van der Waals surface area contributed by atoms with Crippen LogP contribution in [-0.4, -0.2) is 44.4 Å². The van der Waals surface area contributed by atoms with Gasteiger partial charge >= 0.3 is 0 Å². The number of hydrogen-bond donors (Lipinski definition) is 1. The van der Waals surface area contributed by atoms with Crippen molar-refractivity contribution in [1.82, 2.24) is 14.7 Å². The van der Waals surface area contributed by atoms with E-state index >= 15 is 0 Å². The largest absolute Gasteiger partial charge is 0.389 e. The van der Waals surface area contributed by atoms with E-state index in [0.717, 1.165) is 30.5 Å². The molecule has 22 heavy (non-hydrogen) atoms. The molecule has 2 unspecified atom stereocenters. The fraction of sp³-hybridized carbons (Fsp3) is 0.647. The molecule has 5 heteroatoms. The van der Waals surface area contributed by atoms with Crippen molar-refractivity contribution in [3.05, 3.63) is 23.5 Å². The second-order valence-corrected chi connectivity index (χ2v) is 6.72. The van der Waals surface area contributed by atoms with Gasteiger partial charge in [0.15, 0.2) is 0 Å². The summed E-state index contributed by atoms with van der Waals surface area (Å²) in [5.74, 6) is 0.281. The highest BCUT2D eigenvalue weighted by atomic mass is 16.3. The van der Waals surface area contributed by atoms with Gasteiger partial charge in [0, 0.05) is 43.4 Å². The van der Waals surface area contributed by atoms with Gasteiger partial charge in [0.1, 0.15) is 0 Å². The molecular weight excluding hydrogens is 278 g/mol. The van der Waals surface area contributed by atoms with E-state index < -0.39 is 5.60 Å². The van der Waals surface area contributed by atoms with E-state index in [0.29, 0.717) is 19.5 Å². The first-order chi connectivity index (χ1) is 10.5. The Kier molecular flexibility index (Phi) is 4.08. The fourth-order valence-electron chi connectivity index (χ4n) is 3.72. The maximum Gasteiger partial charge on any atom is 0.246 e. The minimum atomic E-state index is -0.529. The lowest BCUT2D eigenvalue weighted by atomic mass is 9.71. The Morgan fingerprint density at radius 3 is 3.00 bits per heavy atom. The molecule has 0 bridgehead atoms. The lowest BCUT2D eigenvalue weighted by Gasteiger charge is -2.47. The molecule has 1 aliphatic heterocycles. The van der Waals surface area contributed by atoms with Gasteiger partial charge in [-0.15, -0.1) is 0 Å². The average Bonchev–Trinajstić information content (AvgIpc) is 2.83. The Morgan fingerprint density at radius 2 is 2.27 bits per heavy atom. The first-order valence-electron chi connectivity index (χ1n) is 8.17. The highest BCUT2D eigenvalue weighted by molar-refractivity contribution is 5.92. The summed E-state index contributed by atoms with van der Waals surface area (Å²) in [5.41, 5.74) is 1.49. The first kappa shape index (κ1) is 15.3. The maximum atomic E-state index is 12.4. The van der Waals surface area contributed by atoms with Crippen molar-refractivity contribution in [2.75, 3.05) is 13.1 Å². The van der Waals surface area contributed by atoms with Crippen molar-refractivity contribution in [2.45, 2.75) is 44.6 Å². The van der Waals surface area contributed by atoms with Crippen LogP contribution >= 0.6 is 0 Å². The number of rotatable bonds is 2. The van der Waals surface area contributed by atoms with Crippen molar-refractivity contribution >= 4 is 12.0 Å². The lowest BCUT2D eigenvalue weighted by molar-refractivity contribution is -0.138. The van der Waals surface area contributed by atoms with Gasteiger partial charge in [0.05, 0.1) is 11.8 Å². The number of nitrogens with zero attached hydrogens (tertiary/aromatic N) is 3. The van der Waals surface area contributed by atoms with Crippen LogP contribution in [0.4, 0.5) is 0 Å². The highest BCUT2D eigenvalue weighted by Crippen LogP contribution is 2.39. The van der Waals surface area contributed by atoms with Gasteiger partial charge in [-0.2, -0.15) is 5.10 Å². The molecule has 5 nitrogen and oxygen atoms in total. The van der Waals surface area contributed by atoms with Crippen molar-refractivity contribution in [3.63, 3.8) is 0 Å². The van der Waals surface area contributed by atoms with Crippen LogP contribution in [0.3, 0.4) is 0 Å². The standard InChI is InChI=1S/C17H25N3O2/c1-13-14(11-18-19(13)2)6-7-16(21)20-10-9-17(22)8-4-3-5-15(17)12-20/h6-7,11,15,22H,3-5,8-10,12H2,1-2H3/b7-6+. The number of aliphatic hydroxyl groups is 1. The second kappa shape index (κ2) is 5.88. The molecule has 2 heterocycles. The number of fused-ring (bicyclic) bond motifs is 1. The van der Waals surface area contributed by atoms with Crippen LogP contribution < -0.4 is 0 Å². The van der Waals surface area contributed by atoms with Crippen molar-refractivity contribution in [1.29, 1.82) is 0 Å². The SMILES string of the molecule is Cc1c(/C=C/C(=O)N2CCC3(O)CCCCC3C2)cnn1C. The molecule has 0 spiro atoms. The maximum absolute atomic E-state index is 12.4. The zero-order chi connectivity index (χ0) is 15.7. The second-order valence-electron chi connectivity index (χ2n) is 6.72. The molecular formula is C17H25N3O2. The zero-order valence-electron chi connectivity index (χ0n) is 13.5. The van der Waals surface area contributed by atoms with Crippen LogP contribution in [0.2, 0.25) is 0 Å². The van der Waals surface area contributed by atoms with Gasteiger partial charge in [0.2, 0.25) is 5.91 Å². The summed E-state index contributed by atoms with van der Waals surface area (Å²) in [5, 5.41) is 14.8. The average molecular weight is 303 g/mol. The molecule has 2 aliphatic rings. The monoisotopic (exact) mass is 303 g/mol. The molecule has 1 aromatic heterocycles. The Hall–Kier alpha value is -1.62. The van der Waals surface area contributed by atoms with Crippen LogP contribution in [0.15, 0.2) is 12.3 Å². The molecule has 1 saturated carbocycles. The number of aryl methyl sites for hydroxylation is 1. The summed E-state index contributed by atoms with van der Waals surface area (Å²) in [6, 6.07) is 0. The third kappa shape index (κ3) is 2.82. The van der Waals surface area contributed by atoms with E-state index in [2.05, 4.69) is 5.10 Å². The number of amides is 1. The highest BCUT2D eigenvalue weighted by Gasteiger charge is 2.43. The van der Waals surface area contributed by atoms with Crippen molar-refractivity contribution in [2.24, 2.45) is 13.0 Å². The molecule has 3 rings (SSSR count). The quantitative estimate of drug-likeness (QED) is 0.849. The number of piperidine rings is 1. The van der Waals surface area contributed by atoms with Gasteiger partial charge in [-0.25, -0.2) is 0 Å². The minimum Gasteiger partial charge on any atom is -0.389 e. The molecule has 120 valence electrons. The first-order valence-corrected chi connectivity index (χ1v) is 8.17. The number of likely N-dealkylation sites (tertiary alicyclic amines) is 1. The van der Waals surface area contributed by atoms with Crippen LogP contribution in [0.1, 0.15) is 43.4 Å². The zero-order valence-corrected chi connectivity index (χ0v) is 13.5. The van der Waals surface area contributed by atoms with Gasteiger partial charge in [-0.05, 0) is 32.3 Å². The van der Waals surface area contributed by atoms with Gasteiger partial charge in [-0.3, -0.25) is 9.48 Å². The summed E-state index contributed by atoms with van der Waals surface area (Å²) >= 11 is 0. The van der Waals surface area contributed by atoms with E-state index in [9.17, 15) is 9.90 Å². The van der Waals surface area contributed by atoms with E-state index in [1.807, 2.05) is 24.9 Å². The number of carbonyl (C=O) groups is 1. The summed E-state index contributed by atoms with van der Waals surface area (Å²) < 4.78 is 1.80. The molecule has 0 radical (unpaired) electrons. The van der Waals surface area contributed by atoms with Gasteiger partial charge in [0.25, 0.3) is 0 Å². The summed E-state index contributed by atoms with van der Waals surface area (Å²) in [7, 11) is 1.89. The fourth-order valence-corrected chi connectivity index (χ4v) is 3.72. The van der Waals surface area contributed by atoms with E-state index in [4.69, 9.17) is 0 Å². The van der Waals surface area contributed by atoms with Crippen LogP contribution in [0.25, 0.3) is 6.08 Å². The Bertz CT molecular complexity index is 593. The molecule has 1 N–H and O–H groups in total. The summed E-state index contributed by atoms with van der Waals surface area (Å²) in [6.07, 6.45) is 10.2. The molecule has 1 aliphatic carbocycles. The van der Waals surface area contributed by atoms with Crippen molar-refractivity contribution < 1.29 is 9.90 Å². The molecule has 1 amide bonds. The minimum absolute atomic E-state index is 0.0378. The molecule has 1 saturated heterocycles. The number of hydrogen-bond acceptors (Lipinski definition) is 3. The molecule has 0 aromatic carbocycles. The normalized spacial score (nSPS) is 28.9. The van der Waals surface area contributed by atoms with E-state index in [-0.39, 0.29) is 11.8 Å². The molecule has 1 aromatic rings. The summed E-state index contributed by atoms with van der Waals surface area (Å²) in [4.78, 5) is 14.3. The topological polar surface area (TPSA) is 58.4 Å². The third-order valence-corrected chi connectivity index (χ3v) is 5.42. The Balaban J connectivity index is 1.65. The Labute approximate surface area is 131 Å². The smallest absolute Gasteiger partial charge is 0.246 e.